The fraction of sp³-hybridized carbons (Fsp3) is 0.472. The Bertz CT molecular complexity index is 1350. The molecule has 0 fully saturated rings. The second-order valence-corrected chi connectivity index (χ2v) is 12.2. The zero-order valence-corrected chi connectivity index (χ0v) is 26.7. The average Bonchev–Trinajstić information content (AvgIpc) is 2.97. The highest BCUT2D eigenvalue weighted by Crippen LogP contribution is 2.27. The van der Waals surface area contributed by atoms with Crippen molar-refractivity contribution >= 4 is 34.4 Å². The number of nitrogens with zero attached hydrogens (tertiary/aromatic N) is 1. The standard InChI is InChI=1S/C36H49N3O4/c1-7-9-10-11-12-15-24-39(34(41)26(3)37-35(42)43-36(4,5)6)32(29-20-18-27(8-2)19-21-29)33(40)38-31-23-22-28-16-13-14-17-30(28)25-31/h13-14,16-23,25-26,32H,7-12,15,24H2,1-6H3,(H,37,42)(H,38,40). The number of aryl methyl sites for hydroxylation is 1. The van der Waals surface area contributed by atoms with Crippen molar-refractivity contribution in [3.63, 3.8) is 0 Å². The summed E-state index contributed by atoms with van der Waals surface area (Å²) in [5.74, 6) is -0.638. The molecule has 0 radical (unpaired) electrons. The fourth-order valence-corrected chi connectivity index (χ4v) is 5.11. The number of fused-ring (bicyclic) bond motifs is 1. The molecule has 43 heavy (non-hydrogen) atoms. The topological polar surface area (TPSA) is 87.7 Å². The summed E-state index contributed by atoms with van der Waals surface area (Å²) < 4.78 is 5.41. The van der Waals surface area contributed by atoms with Gasteiger partial charge in [0.05, 0.1) is 0 Å². The maximum atomic E-state index is 14.1. The van der Waals surface area contributed by atoms with Gasteiger partial charge in [-0.15, -0.1) is 0 Å². The van der Waals surface area contributed by atoms with Crippen LogP contribution < -0.4 is 10.6 Å². The van der Waals surface area contributed by atoms with E-state index < -0.39 is 23.8 Å². The van der Waals surface area contributed by atoms with Crippen LogP contribution in [0.5, 0.6) is 0 Å². The summed E-state index contributed by atoms with van der Waals surface area (Å²) in [6, 6.07) is 19.9. The Morgan fingerprint density at radius 3 is 2.14 bits per heavy atom. The number of amides is 3. The van der Waals surface area contributed by atoms with Crippen LogP contribution in [0.2, 0.25) is 0 Å². The Kier molecular flexibility index (Phi) is 12.6. The number of carbonyl (C=O) groups is 3. The van der Waals surface area contributed by atoms with Gasteiger partial charge >= 0.3 is 6.09 Å². The molecule has 0 bridgehead atoms. The highest BCUT2D eigenvalue weighted by Gasteiger charge is 2.34. The van der Waals surface area contributed by atoms with Gasteiger partial charge in [-0.05, 0) is 74.6 Å². The minimum atomic E-state index is -0.888. The zero-order chi connectivity index (χ0) is 31.4. The molecular formula is C36H49N3O4. The molecule has 2 atom stereocenters. The van der Waals surface area contributed by atoms with Crippen LogP contribution in [-0.2, 0) is 20.7 Å². The van der Waals surface area contributed by atoms with Gasteiger partial charge in [0.25, 0.3) is 5.91 Å². The van der Waals surface area contributed by atoms with E-state index >= 15 is 0 Å². The van der Waals surface area contributed by atoms with E-state index in [1.54, 1.807) is 32.6 Å². The number of benzene rings is 3. The summed E-state index contributed by atoms with van der Waals surface area (Å²) in [6.07, 6.45) is 6.45. The Morgan fingerprint density at radius 2 is 1.49 bits per heavy atom. The van der Waals surface area contributed by atoms with E-state index in [2.05, 4.69) is 24.5 Å². The lowest BCUT2D eigenvalue weighted by molar-refractivity contribution is -0.140. The van der Waals surface area contributed by atoms with Crippen LogP contribution >= 0.6 is 0 Å². The van der Waals surface area contributed by atoms with Gasteiger partial charge in [-0.1, -0.05) is 101 Å². The number of alkyl carbamates (subject to hydrolysis) is 1. The molecule has 7 heteroatoms. The fourth-order valence-electron chi connectivity index (χ4n) is 5.11. The Labute approximate surface area is 257 Å². The molecule has 0 aliphatic rings. The number of nitrogens with one attached hydrogen (secondary N) is 2. The molecule has 0 aromatic heterocycles. The molecule has 2 N–H and O–H groups in total. The number of ether oxygens (including phenoxy) is 1. The molecular weight excluding hydrogens is 538 g/mol. The number of hydrogen-bond donors (Lipinski definition) is 2. The summed E-state index contributed by atoms with van der Waals surface area (Å²) in [4.78, 5) is 42.4. The summed E-state index contributed by atoms with van der Waals surface area (Å²) >= 11 is 0. The van der Waals surface area contributed by atoms with Crippen LogP contribution in [0.4, 0.5) is 10.5 Å². The van der Waals surface area contributed by atoms with Gasteiger partial charge in [-0.3, -0.25) is 9.59 Å². The molecule has 0 saturated carbocycles. The van der Waals surface area contributed by atoms with Crippen LogP contribution in [0.15, 0.2) is 66.7 Å². The second kappa shape index (κ2) is 16.1. The molecule has 0 spiro atoms. The lowest BCUT2D eigenvalue weighted by Gasteiger charge is -2.34. The summed E-state index contributed by atoms with van der Waals surface area (Å²) in [5, 5.41) is 7.86. The van der Waals surface area contributed by atoms with E-state index in [1.165, 1.54) is 6.42 Å². The molecule has 232 valence electrons. The van der Waals surface area contributed by atoms with Crippen molar-refractivity contribution in [1.82, 2.24) is 10.2 Å². The largest absolute Gasteiger partial charge is 0.444 e. The monoisotopic (exact) mass is 587 g/mol. The minimum absolute atomic E-state index is 0.302. The first-order valence-electron chi connectivity index (χ1n) is 15.7. The molecule has 3 rings (SSSR count). The molecule has 3 amide bonds. The molecule has 0 aliphatic heterocycles. The normalized spacial score (nSPS) is 12.8. The van der Waals surface area contributed by atoms with Crippen molar-refractivity contribution in [2.24, 2.45) is 0 Å². The van der Waals surface area contributed by atoms with Crippen molar-refractivity contribution in [2.45, 2.75) is 104 Å². The molecule has 3 aromatic rings. The van der Waals surface area contributed by atoms with Crippen molar-refractivity contribution in [1.29, 1.82) is 0 Å². The number of anilines is 1. The predicted molar refractivity (Wildman–Crippen MR) is 175 cm³/mol. The third-order valence-electron chi connectivity index (χ3n) is 7.42. The zero-order valence-electron chi connectivity index (χ0n) is 26.7. The Hall–Kier alpha value is -3.87. The lowest BCUT2D eigenvalue weighted by Crippen LogP contribution is -2.51. The van der Waals surface area contributed by atoms with Gasteiger partial charge in [0, 0.05) is 12.2 Å². The Morgan fingerprint density at radius 1 is 0.837 bits per heavy atom. The number of unbranched alkanes of at least 4 members (excludes halogenated alkanes) is 5. The number of rotatable bonds is 14. The highest BCUT2D eigenvalue weighted by molar-refractivity contribution is 6.00. The maximum Gasteiger partial charge on any atom is 0.408 e. The van der Waals surface area contributed by atoms with E-state index in [1.807, 2.05) is 66.7 Å². The highest BCUT2D eigenvalue weighted by atomic mass is 16.6. The first kappa shape index (κ1) is 33.6. The van der Waals surface area contributed by atoms with Crippen molar-refractivity contribution in [3.8, 4) is 0 Å². The van der Waals surface area contributed by atoms with E-state index in [4.69, 9.17) is 4.74 Å². The van der Waals surface area contributed by atoms with E-state index in [0.717, 1.165) is 60.4 Å². The van der Waals surface area contributed by atoms with Crippen molar-refractivity contribution in [2.75, 3.05) is 11.9 Å². The first-order valence-corrected chi connectivity index (χ1v) is 15.7. The summed E-state index contributed by atoms with van der Waals surface area (Å²) in [5.41, 5.74) is 1.82. The molecule has 0 heterocycles. The lowest BCUT2D eigenvalue weighted by atomic mass is 9.99. The molecule has 0 aliphatic carbocycles. The van der Waals surface area contributed by atoms with Crippen molar-refractivity contribution in [3.05, 3.63) is 77.9 Å². The van der Waals surface area contributed by atoms with E-state index in [0.29, 0.717) is 12.2 Å². The van der Waals surface area contributed by atoms with Gasteiger partial charge in [0.15, 0.2) is 0 Å². The molecule has 7 nitrogen and oxygen atoms in total. The van der Waals surface area contributed by atoms with Crippen LogP contribution in [0.25, 0.3) is 10.8 Å². The summed E-state index contributed by atoms with van der Waals surface area (Å²) in [7, 11) is 0. The van der Waals surface area contributed by atoms with Gasteiger partial charge in [-0.25, -0.2) is 4.79 Å². The molecule has 3 aromatic carbocycles. The third-order valence-corrected chi connectivity index (χ3v) is 7.42. The van der Waals surface area contributed by atoms with E-state index in [-0.39, 0.29) is 11.8 Å². The predicted octanol–water partition coefficient (Wildman–Crippen LogP) is 8.18. The number of carbonyl (C=O) groups excluding carboxylic acids is 3. The quantitative estimate of drug-likeness (QED) is 0.186. The van der Waals surface area contributed by atoms with Gasteiger partial charge in [-0.2, -0.15) is 0 Å². The maximum absolute atomic E-state index is 14.1. The molecule has 2 unspecified atom stereocenters. The Balaban J connectivity index is 1.94. The van der Waals surface area contributed by atoms with Crippen LogP contribution in [-0.4, -0.2) is 41.0 Å². The van der Waals surface area contributed by atoms with Crippen LogP contribution in [0, 0.1) is 0 Å². The molecule has 0 saturated heterocycles. The van der Waals surface area contributed by atoms with Crippen LogP contribution in [0.3, 0.4) is 0 Å². The van der Waals surface area contributed by atoms with E-state index in [9.17, 15) is 14.4 Å². The van der Waals surface area contributed by atoms with Gasteiger partial charge < -0.3 is 20.3 Å². The van der Waals surface area contributed by atoms with Crippen LogP contribution in [0.1, 0.15) is 97.2 Å². The summed E-state index contributed by atoms with van der Waals surface area (Å²) in [6.45, 7) is 11.6. The second-order valence-electron chi connectivity index (χ2n) is 12.2. The first-order chi connectivity index (χ1) is 20.5. The number of hydrogen-bond acceptors (Lipinski definition) is 4. The van der Waals surface area contributed by atoms with Gasteiger partial charge in [0.1, 0.15) is 17.7 Å². The third kappa shape index (κ3) is 10.4. The SMILES string of the molecule is CCCCCCCCN(C(=O)C(C)NC(=O)OC(C)(C)C)C(C(=O)Nc1ccc2ccccc2c1)c1ccc(CC)cc1. The van der Waals surface area contributed by atoms with Crippen molar-refractivity contribution < 1.29 is 19.1 Å². The smallest absolute Gasteiger partial charge is 0.408 e. The van der Waals surface area contributed by atoms with Gasteiger partial charge in [0.2, 0.25) is 5.91 Å². The minimum Gasteiger partial charge on any atom is -0.444 e. The average molecular weight is 588 g/mol.